The van der Waals surface area contributed by atoms with Crippen LogP contribution >= 0.6 is 0 Å². The van der Waals surface area contributed by atoms with Crippen LogP contribution in [0.15, 0.2) is 82.6 Å². The fourth-order valence-corrected chi connectivity index (χ4v) is 7.44. The molecule has 0 aliphatic carbocycles. The number of para-hydroxylation sites is 1. The first-order chi connectivity index (χ1) is 18.7. The minimum atomic E-state index is -4.20. The summed E-state index contributed by atoms with van der Waals surface area (Å²) in [5.41, 5.74) is 1.13. The number of carbonyl (C=O) groups excluding carboxylic acids is 1. The Bertz CT molecular complexity index is 1540. The SMILES string of the molecule is O=C(CN(Cc1ccc2c(c1)OCO2)S(=O)(=O)c1ccc(S(=O)(=O)N2CCCCC2)cc1)Nc1ccccc1. The molecule has 0 unspecified atom stereocenters. The molecule has 5 rings (SSSR count). The van der Waals surface area contributed by atoms with Crippen LogP contribution in [0.25, 0.3) is 0 Å². The molecule has 39 heavy (non-hydrogen) atoms. The molecule has 0 saturated carbocycles. The second-order valence-electron chi connectivity index (χ2n) is 9.31. The van der Waals surface area contributed by atoms with Crippen molar-refractivity contribution in [3.8, 4) is 11.5 Å². The average Bonchev–Trinajstić information content (AvgIpc) is 3.42. The van der Waals surface area contributed by atoms with Crippen molar-refractivity contribution in [1.82, 2.24) is 8.61 Å². The number of rotatable bonds is 9. The van der Waals surface area contributed by atoms with Gasteiger partial charge in [-0.15, -0.1) is 0 Å². The molecule has 0 aromatic heterocycles. The number of hydrogen-bond donors (Lipinski definition) is 1. The Morgan fingerprint density at radius 1 is 0.821 bits per heavy atom. The highest BCUT2D eigenvalue weighted by molar-refractivity contribution is 7.89. The number of carbonyl (C=O) groups is 1. The molecule has 2 heterocycles. The van der Waals surface area contributed by atoms with Crippen molar-refractivity contribution in [2.75, 3.05) is 31.7 Å². The monoisotopic (exact) mass is 571 g/mol. The Morgan fingerprint density at radius 2 is 1.49 bits per heavy atom. The van der Waals surface area contributed by atoms with Crippen molar-refractivity contribution < 1.29 is 31.1 Å². The van der Waals surface area contributed by atoms with Crippen molar-refractivity contribution in [2.24, 2.45) is 0 Å². The molecule has 0 atom stereocenters. The molecule has 0 bridgehead atoms. The van der Waals surface area contributed by atoms with Gasteiger partial charge in [-0.25, -0.2) is 16.8 Å². The van der Waals surface area contributed by atoms with Gasteiger partial charge in [0.15, 0.2) is 11.5 Å². The fraction of sp³-hybridized carbons (Fsp3) is 0.296. The lowest BCUT2D eigenvalue weighted by atomic mass is 10.2. The maximum Gasteiger partial charge on any atom is 0.243 e. The summed E-state index contributed by atoms with van der Waals surface area (Å²) in [6, 6.07) is 19.0. The summed E-state index contributed by atoms with van der Waals surface area (Å²) >= 11 is 0. The Labute approximate surface area is 228 Å². The van der Waals surface area contributed by atoms with Gasteiger partial charge in [0, 0.05) is 25.3 Å². The van der Waals surface area contributed by atoms with Crippen LogP contribution < -0.4 is 14.8 Å². The van der Waals surface area contributed by atoms with Crippen LogP contribution in [-0.2, 0) is 31.4 Å². The van der Waals surface area contributed by atoms with Gasteiger partial charge < -0.3 is 14.8 Å². The minimum absolute atomic E-state index is 0.0347. The zero-order chi connectivity index (χ0) is 27.5. The first kappa shape index (κ1) is 27.1. The molecule has 3 aromatic rings. The number of amides is 1. The van der Waals surface area contributed by atoms with Crippen LogP contribution in [-0.4, -0.2) is 57.8 Å². The van der Waals surface area contributed by atoms with E-state index in [4.69, 9.17) is 9.47 Å². The number of benzene rings is 3. The second-order valence-corrected chi connectivity index (χ2v) is 13.2. The number of ether oxygens (including phenoxy) is 2. The molecule has 12 heteroatoms. The molecule has 0 radical (unpaired) electrons. The van der Waals surface area contributed by atoms with Crippen molar-refractivity contribution >= 4 is 31.6 Å². The molecule has 1 fully saturated rings. The molecule has 2 aliphatic rings. The zero-order valence-corrected chi connectivity index (χ0v) is 22.8. The summed E-state index contributed by atoms with van der Waals surface area (Å²) in [5.74, 6) is 0.529. The lowest BCUT2D eigenvalue weighted by Crippen LogP contribution is -2.37. The highest BCUT2D eigenvalue weighted by atomic mass is 32.2. The summed E-state index contributed by atoms with van der Waals surface area (Å²) in [7, 11) is -7.91. The topological polar surface area (TPSA) is 122 Å². The molecule has 3 aromatic carbocycles. The molecular formula is C27H29N3O7S2. The number of fused-ring (bicyclic) bond motifs is 1. The van der Waals surface area contributed by atoms with E-state index < -0.39 is 32.5 Å². The van der Waals surface area contributed by atoms with E-state index in [1.54, 1.807) is 48.5 Å². The van der Waals surface area contributed by atoms with E-state index in [1.165, 1.54) is 28.6 Å². The van der Waals surface area contributed by atoms with Gasteiger partial charge in [-0.1, -0.05) is 30.7 Å². The lowest BCUT2D eigenvalue weighted by Gasteiger charge is -2.26. The Hall–Kier alpha value is -3.45. The standard InChI is InChI=1S/C27H29N3O7S2/c31-27(28-22-7-3-1-4-8-22)19-30(18-21-9-14-25-26(17-21)37-20-36-25)39(34,35)24-12-10-23(11-13-24)38(32,33)29-15-5-2-6-16-29/h1,3-4,7-14,17H,2,5-6,15-16,18-20H2,(H,28,31). The van der Waals surface area contributed by atoms with Gasteiger partial charge in [0.2, 0.25) is 32.7 Å². The summed E-state index contributed by atoms with van der Waals surface area (Å²) < 4.78 is 66.8. The smallest absolute Gasteiger partial charge is 0.243 e. The molecule has 10 nitrogen and oxygen atoms in total. The number of sulfonamides is 2. The quantitative estimate of drug-likeness (QED) is 0.418. The largest absolute Gasteiger partial charge is 0.454 e. The number of hydrogen-bond acceptors (Lipinski definition) is 7. The summed E-state index contributed by atoms with van der Waals surface area (Å²) in [6.07, 6.45) is 2.58. The van der Waals surface area contributed by atoms with Gasteiger partial charge in [-0.2, -0.15) is 8.61 Å². The number of nitrogens with one attached hydrogen (secondary N) is 1. The van der Waals surface area contributed by atoms with E-state index >= 15 is 0 Å². The fourth-order valence-electron chi connectivity index (χ4n) is 4.54. The maximum absolute atomic E-state index is 13.8. The Balaban J connectivity index is 1.41. The molecule has 1 N–H and O–H groups in total. The second kappa shape index (κ2) is 11.3. The minimum Gasteiger partial charge on any atom is -0.454 e. The van der Waals surface area contributed by atoms with E-state index in [0.29, 0.717) is 35.8 Å². The number of anilines is 1. The van der Waals surface area contributed by atoms with Gasteiger partial charge in [0.1, 0.15) is 0 Å². The zero-order valence-electron chi connectivity index (χ0n) is 21.2. The Morgan fingerprint density at radius 3 is 2.21 bits per heavy atom. The van der Waals surface area contributed by atoms with Crippen molar-refractivity contribution in [3.05, 3.63) is 78.4 Å². The molecule has 1 amide bonds. The van der Waals surface area contributed by atoms with Crippen molar-refractivity contribution in [1.29, 1.82) is 0 Å². The van der Waals surface area contributed by atoms with Crippen LogP contribution in [0.5, 0.6) is 11.5 Å². The van der Waals surface area contributed by atoms with Gasteiger partial charge >= 0.3 is 0 Å². The van der Waals surface area contributed by atoms with Crippen LogP contribution in [0.4, 0.5) is 5.69 Å². The predicted molar refractivity (Wildman–Crippen MR) is 144 cm³/mol. The van der Waals surface area contributed by atoms with Crippen molar-refractivity contribution in [3.63, 3.8) is 0 Å². The Kier molecular flexibility index (Phi) is 7.89. The molecular weight excluding hydrogens is 542 g/mol. The van der Waals surface area contributed by atoms with E-state index in [1.807, 2.05) is 0 Å². The summed E-state index contributed by atoms with van der Waals surface area (Å²) in [6.45, 7) is 0.395. The van der Waals surface area contributed by atoms with Crippen LogP contribution in [0, 0.1) is 0 Å². The van der Waals surface area contributed by atoms with E-state index in [2.05, 4.69) is 5.32 Å². The average molecular weight is 572 g/mol. The summed E-state index contributed by atoms with van der Waals surface area (Å²) in [4.78, 5) is 12.8. The van der Waals surface area contributed by atoms with E-state index in [-0.39, 0.29) is 23.1 Å². The van der Waals surface area contributed by atoms with E-state index in [9.17, 15) is 21.6 Å². The highest BCUT2D eigenvalue weighted by Gasteiger charge is 2.30. The molecule has 2 aliphatic heterocycles. The summed E-state index contributed by atoms with van der Waals surface area (Å²) in [5, 5.41) is 2.71. The first-order valence-corrected chi connectivity index (χ1v) is 15.5. The lowest BCUT2D eigenvalue weighted by molar-refractivity contribution is -0.116. The first-order valence-electron chi connectivity index (χ1n) is 12.6. The van der Waals surface area contributed by atoms with Crippen LogP contribution in [0.1, 0.15) is 24.8 Å². The normalized spacial score (nSPS) is 15.8. The number of piperidine rings is 1. The van der Waals surface area contributed by atoms with Crippen molar-refractivity contribution in [2.45, 2.75) is 35.6 Å². The third-order valence-electron chi connectivity index (χ3n) is 6.59. The third-order valence-corrected chi connectivity index (χ3v) is 10.3. The van der Waals surface area contributed by atoms with Gasteiger partial charge in [0.05, 0.1) is 16.3 Å². The predicted octanol–water partition coefficient (Wildman–Crippen LogP) is 3.42. The molecule has 0 spiro atoms. The molecule has 206 valence electrons. The van der Waals surface area contributed by atoms with Gasteiger partial charge in [-0.05, 0) is 66.9 Å². The third kappa shape index (κ3) is 6.09. The van der Waals surface area contributed by atoms with Gasteiger partial charge in [-0.3, -0.25) is 4.79 Å². The highest BCUT2D eigenvalue weighted by Crippen LogP contribution is 2.33. The van der Waals surface area contributed by atoms with E-state index in [0.717, 1.165) is 23.6 Å². The van der Waals surface area contributed by atoms with Gasteiger partial charge in [0.25, 0.3) is 0 Å². The maximum atomic E-state index is 13.8. The van der Waals surface area contributed by atoms with Crippen LogP contribution in [0.3, 0.4) is 0 Å². The molecule has 1 saturated heterocycles. The number of nitrogens with zero attached hydrogens (tertiary/aromatic N) is 2. The van der Waals surface area contributed by atoms with Crippen LogP contribution in [0.2, 0.25) is 0 Å².